The summed E-state index contributed by atoms with van der Waals surface area (Å²) in [5, 5.41) is 8.94. The maximum absolute atomic E-state index is 12.9. The van der Waals surface area contributed by atoms with E-state index in [4.69, 9.17) is 5.11 Å². The molecule has 1 aliphatic heterocycles. The molecule has 19 heavy (non-hydrogen) atoms. The number of carboxylic acids is 1. The van der Waals surface area contributed by atoms with E-state index in [0.717, 1.165) is 0 Å². The average Bonchev–Trinajstić information content (AvgIpc) is 2.34. The number of piperazine rings is 1. The number of halogens is 1. The lowest BCUT2D eigenvalue weighted by atomic mass is 10.1. The van der Waals surface area contributed by atoms with Gasteiger partial charge in [0.25, 0.3) is 0 Å². The Morgan fingerprint density at radius 3 is 2.63 bits per heavy atom. The first-order chi connectivity index (χ1) is 8.97. The number of carbonyl (C=O) groups excluding carboxylic acids is 1. The Morgan fingerprint density at radius 1 is 1.42 bits per heavy atom. The second-order valence-electron chi connectivity index (χ2n) is 4.63. The van der Waals surface area contributed by atoms with E-state index in [-0.39, 0.29) is 30.7 Å². The van der Waals surface area contributed by atoms with E-state index in [1.807, 2.05) is 0 Å². The monoisotopic (exact) mass is 266 g/mol. The summed E-state index contributed by atoms with van der Waals surface area (Å²) < 4.78 is 12.9. The minimum Gasteiger partial charge on any atom is -0.481 e. The van der Waals surface area contributed by atoms with E-state index in [1.54, 1.807) is 24.1 Å². The van der Waals surface area contributed by atoms with Gasteiger partial charge in [0.1, 0.15) is 5.82 Å². The number of carboxylic acid groups (broad SMARTS) is 1. The van der Waals surface area contributed by atoms with E-state index < -0.39 is 5.97 Å². The smallest absolute Gasteiger partial charge is 0.305 e. The summed E-state index contributed by atoms with van der Waals surface area (Å²) in [6, 6.07) is 5.42. The predicted molar refractivity (Wildman–Crippen MR) is 67.4 cm³/mol. The van der Waals surface area contributed by atoms with E-state index >= 15 is 0 Å². The zero-order chi connectivity index (χ0) is 14.0. The quantitative estimate of drug-likeness (QED) is 0.884. The fourth-order valence-electron chi connectivity index (χ4n) is 2.22. The van der Waals surface area contributed by atoms with Gasteiger partial charge in [-0.1, -0.05) is 0 Å². The highest BCUT2D eigenvalue weighted by Gasteiger charge is 2.31. The van der Waals surface area contributed by atoms with Crippen molar-refractivity contribution >= 4 is 17.6 Å². The van der Waals surface area contributed by atoms with Crippen molar-refractivity contribution in [3.8, 4) is 0 Å². The number of nitrogens with zero attached hydrogens (tertiary/aromatic N) is 2. The van der Waals surface area contributed by atoms with Gasteiger partial charge in [0.15, 0.2) is 0 Å². The average molecular weight is 266 g/mol. The van der Waals surface area contributed by atoms with Crippen LogP contribution in [0.5, 0.6) is 0 Å². The first kappa shape index (κ1) is 13.3. The molecule has 1 aromatic rings. The van der Waals surface area contributed by atoms with Gasteiger partial charge in [0.05, 0.1) is 19.0 Å². The molecule has 0 aliphatic carbocycles. The van der Waals surface area contributed by atoms with Gasteiger partial charge in [0, 0.05) is 19.3 Å². The highest BCUT2D eigenvalue weighted by molar-refractivity contribution is 5.83. The molecule has 1 aliphatic rings. The molecule has 1 amide bonds. The summed E-state index contributed by atoms with van der Waals surface area (Å²) in [6.45, 7) is 0.461. The van der Waals surface area contributed by atoms with Crippen molar-refractivity contribution in [1.29, 1.82) is 0 Å². The molecule has 1 aromatic carbocycles. The molecule has 6 heteroatoms. The third kappa shape index (κ3) is 3.01. The number of hydrogen-bond donors (Lipinski definition) is 1. The van der Waals surface area contributed by atoms with Gasteiger partial charge in [-0.05, 0) is 24.3 Å². The van der Waals surface area contributed by atoms with Gasteiger partial charge in [0.2, 0.25) is 5.91 Å². The van der Waals surface area contributed by atoms with Crippen molar-refractivity contribution in [2.75, 3.05) is 25.0 Å². The summed E-state index contributed by atoms with van der Waals surface area (Å²) in [5.74, 6) is -1.36. The number of anilines is 1. The number of likely N-dealkylation sites (N-methyl/N-ethyl adjacent to an activating group) is 1. The Kier molecular flexibility index (Phi) is 3.69. The molecule has 0 bridgehead atoms. The van der Waals surface area contributed by atoms with Crippen LogP contribution in [-0.2, 0) is 9.59 Å². The number of carbonyl (C=O) groups is 2. The van der Waals surface area contributed by atoms with Crippen molar-refractivity contribution in [1.82, 2.24) is 4.90 Å². The summed E-state index contributed by atoms with van der Waals surface area (Å²) in [4.78, 5) is 25.9. The number of hydrogen-bond acceptors (Lipinski definition) is 3. The van der Waals surface area contributed by atoms with Crippen LogP contribution in [0.15, 0.2) is 24.3 Å². The van der Waals surface area contributed by atoms with Crippen LogP contribution >= 0.6 is 0 Å². The third-order valence-corrected chi connectivity index (χ3v) is 3.23. The highest BCUT2D eigenvalue weighted by atomic mass is 19.1. The minimum atomic E-state index is -0.917. The van der Waals surface area contributed by atoms with Crippen LogP contribution in [0.3, 0.4) is 0 Å². The molecule has 1 saturated heterocycles. The van der Waals surface area contributed by atoms with Gasteiger partial charge in [-0.15, -0.1) is 0 Å². The largest absolute Gasteiger partial charge is 0.481 e. The third-order valence-electron chi connectivity index (χ3n) is 3.23. The number of amides is 1. The van der Waals surface area contributed by atoms with Crippen molar-refractivity contribution in [2.45, 2.75) is 12.5 Å². The van der Waals surface area contributed by atoms with Crippen LogP contribution in [-0.4, -0.2) is 48.1 Å². The van der Waals surface area contributed by atoms with E-state index in [9.17, 15) is 14.0 Å². The van der Waals surface area contributed by atoms with Crippen LogP contribution in [0.1, 0.15) is 6.42 Å². The van der Waals surface area contributed by atoms with Gasteiger partial charge in [-0.2, -0.15) is 0 Å². The van der Waals surface area contributed by atoms with Crippen LogP contribution in [0, 0.1) is 5.82 Å². The van der Waals surface area contributed by atoms with Gasteiger partial charge < -0.3 is 14.9 Å². The normalized spacial score (nSPS) is 19.7. The molecule has 0 aromatic heterocycles. The van der Waals surface area contributed by atoms with Crippen LogP contribution in [0.25, 0.3) is 0 Å². The van der Waals surface area contributed by atoms with Crippen molar-refractivity contribution in [3.63, 3.8) is 0 Å². The lowest BCUT2D eigenvalue weighted by molar-refractivity contribution is -0.139. The fourth-order valence-corrected chi connectivity index (χ4v) is 2.22. The molecule has 0 spiro atoms. The Balaban J connectivity index is 2.25. The van der Waals surface area contributed by atoms with Gasteiger partial charge in [-0.3, -0.25) is 9.59 Å². The Bertz CT molecular complexity index is 489. The van der Waals surface area contributed by atoms with Crippen LogP contribution in [0.4, 0.5) is 10.1 Å². The number of aliphatic carboxylic acids is 1. The summed E-state index contributed by atoms with van der Waals surface area (Å²) in [7, 11) is 1.65. The Labute approximate surface area is 110 Å². The maximum atomic E-state index is 12.9. The lowest BCUT2D eigenvalue weighted by Crippen LogP contribution is -2.55. The highest BCUT2D eigenvalue weighted by Crippen LogP contribution is 2.22. The topological polar surface area (TPSA) is 60.9 Å². The first-order valence-electron chi connectivity index (χ1n) is 5.95. The minimum absolute atomic E-state index is 0.0605. The molecule has 0 saturated carbocycles. The zero-order valence-corrected chi connectivity index (χ0v) is 10.5. The summed E-state index contributed by atoms with van der Waals surface area (Å²) >= 11 is 0. The van der Waals surface area contributed by atoms with Crippen molar-refractivity contribution < 1.29 is 19.1 Å². The molecule has 1 unspecified atom stereocenters. The fraction of sp³-hybridized carbons (Fsp3) is 0.385. The molecule has 5 nitrogen and oxygen atoms in total. The molecule has 1 fully saturated rings. The second kappa shape index (κ2) is 5.26. The van der Waals surface area contributed by atoms with Gasteiger partial charge in [-0.25, -0.2) is 4.39 Å². The second-order valence-corrected chi connectivity index (χ2v) is 4.63. The zero-order valence-electron chi connectivity index (χ0n) is 10.5. The van der Waals surface area contributed by atoms with E-state index in [1.165, 1.54) is 17.0 Å². The molecule has 102 valence electrons. The SMILES string of the molecule is CN1CC(CC(=O)O)N(c2ccc(F)cc2)CC1=O. The van der Waals surface area contributed by atoms with Crippen molar-refractivity contribution in [2.24, 2.45) is 0 Å². The summed E-state index contributed by atoms with van der Waals surface area (Å²) in [5.41, 5.74) is 0.661. The van der Waals surface area contributed by atoms with E-state index in [2.05, 4.69) is 0 Å². The van der Waals surface area contributed by atoms with Crippen LogP contribution in [0.2, 0.25) is 0 Å². The summed E-state index contributed by atoms with van der Waals surface area (Å²) in [6.07, 6.45) is -0.0605. The molecule has 1 N–H and O–H groups in total. The molecule has 1 atom stereocenters. The Hall–Kier alpha value is -2.11. The van der Waals surface area contributed by atoms with E-state index in [0.29, 0.717) is 12.2 Å². The molecular formula is C13H15FN2O3. The van der Waals surface area contributed by atoms with Crippen molar-refractivity contribution in [3.05, 3.63) is 30.1 Å². The number of rotatable bonds is 3. The lowest BCUT2D eigenvalue weighted by Gasteiger charge is -2.40. The molecule has 1 heterocycles. The number of benzene rings is 1. The Morgan fingerprint density at radius 2 is 2.05 bits per heavy atom. The molecular weight excluding hydrogens is 251 g/mol. The predicted octanol–water partition coefficient (Wildman–Crippen LogP) is 0.947. The standard InChI is InChI=1S/C13H15FN2O3/c1-15-7-11(6-13(18)19)16(8-12(15)17)10-4-2-9(14)3-5-10/h2-5,11H,6-8H2,1H3,(H,18,19). The molecule has 2 rings (SSSR count). The first-order valence-corrected chi connectivity index (χ1v) is 5.95. The van der Waals surface area contributed by atoms with Gasteiger partial charge >= 0.3 is 5.97 Å². The molecule has 0 radical (unpaired) electrons. The maximum Gasteiger partial charge on any atom is 0.305 e. The van der Waals surface area contributed by atoms with Crippen LogP contribution < -0.4 is 4.90 Å².